The molecule has 4 heteroatoms. The summed E-state index contributed by atoms with van der Waals surface area (Å²) in [5, 5.41) is 1.14. The maximum Gasteiger partial charge on any atom is 0.0900 e. The summed E-state index contributed by atoms with van der Waals surface area (Å²) in [5.74, 6) is 6.57. The van der Waals surface area contributed by atoms with Crippen molar-refractivity contribution in [1.29, 1.82) is 0 Å². The number of nitrogens with two attached hydrogens (primary N) is 1. The molecule has 1 aromatic rings. The molecule has 1 fully saturated rings. The van der Waals surface area contributed by atoms with E-state index in [1.54, 1.807) is 11.3 Å². The lowest BCUT2D eigenvalue weighted by Gasteiger charge is -2.25. The Hall–Kier alpha value is -0.450. The van der Waals surface area contributed by atoms with Crippen molar-refractivity contribution in [2.75, 3.05) is 0 Å². The zero-order chi connectivity index (χ0) is 12.3. The van der Waals surface area contributed by atoms with Crippen molar-refractivity contribution >= 4 is 11.3 Å². The molecule has 17 heavy (non-hydrogen) atoms. The number of aromatic nitrogens is 1. The summed E-state index contributed by atoms with van der Waals surface area (Å²) < 4.78 is 0. The van der Waals surface area contributed by atoms with Gasteiger partial charge in [-0.25, -0.2) is 4.98 Å². The Morgan fingerprint density at radius 1 is 1.35 bits per heavy atom. The number of hydrazine groups is 1. The maximum absolute atomic E-state index is 5.73. The van der Waals surface area contributed by atoms with E-state index < -0.39 is 0 Å². The summed E-state index contributed by atoms with van der Waals surface area (Å²) in [7, 11) is 0. The Labute approximate surface area is 108 Å². The largest absolute Gasteiger partial charge is 0.271 e. The lowest BCUT2D eigenvalue weighted by molar-refractivity contribution is 0.302. The van der Waals surface area contributed by atoms with Gasteiger partial charge in [0.15, 0.2) is 0 Å². The number of nitrogens with zero attached hydrogens (tertiary/aromatic N) is 1. The van der Waals surface area contributed by atoms with Gasteiger partial charge in [-0.1, -0.05) is 32.1 Å². The van der Waals surface area contributed by atoms with Crippen molar-refractivity contribution in [2.24, 2.45) is 11.8 Å². The predicted octanol–water partition coefficient (Wildman–Crippen LogP) is 3.23. The average Bonchev–Trinajstić information content (AvgIpc) is 2.67. The van der Waals surface area contributed by atoms with E-state index in [0.29, 0.717) is 6.04 Å². The van der Waals surface area contributed by atoms with Crippen molar-refractivity contribution in [1.82, 2.24) is 10.4 Å². The summed E-state index contributed by atoms with van der Waals surface area (Å²) in [4.78, 5) is 5.83. The number of rotatable bonds is 4. The molecular formula is C13H23N3S. The minimum absolute atomic E-state index is 0.296. The molecule has 0 amide bonds. The van der Waals surface area contributed by atoms with Crippen LogP contribution in [0.3, 0.4) is 0 Å². The fourth-order valence-corrected chi connectivity index (χ4v) is 3.88. The fourth-order valence-electron chi connectivity index (χ4n) is 2.88. The first-order valence-corrected chi connectivity index (χ1v) is 7.42. The van der Waals surface area contributed by atoms with E-state index in [0.717, 1.165) is 16.6 Å². The minimum Gasteiger partial charge on any atom is -0.271 e. The monoisotopic (exact) mass is 253 g/mol. The highest BCUT2D eigenvalue weighted by atomic mass is 32.1. The van der Waals surface area contributed by atoms with Crippen molar-refractivity contribution in [3.8, 4) is 0 Å². The molecule has 3 nitrogen and oxygen atoms in total. The summed E-state index contributed by atoms with van der Waals surface area (Å²) in [6.07, 6.45) is 8.10. The van der Waals surface area contributed by atoms with Gasteiger partial charge in [-0.05, 0) is 26.2 Å². The highest BCUT2D eigenvalue weighted by Gasteiger charge is 2.22. The summed E-state index contributed by atoms with van der Waals surface area (Å²) in [6.45, 7) is 4.15. The summed E-state index contributed by atoms with van der Waals surface area (Å²) >= 11 is 1.78. The molecule has 3 N–H and O–H groups in total. The molecule has 96 valence electrons. The average molecular weight is 253 g/mol. The Bertz CT molecular complexity index is 356. The molecule has 1 heterocycles. The molecule has 0 saturated heterocycles. The van der Waals surface area contributed by atoms with Gasteiger partial charge in [0.25, 0.3) is 0 Å². The van der Waals surface area contributed by atoms with Crippen LogP contribution in [0.4, 0.5) is 0 Å². The second kappa shape index (κ2) is 5.94. The first-order chi connectivity index (χ1) is 8.20. The molecule has 0 bridgehead atoms. The molecular weight excluding hydrogens is 230 g/mol. The van der Waals surface area contributed by atoms with E-state index >= 15 is 0 Å². The Balaban J connectivity index is 2.02. The molecule has 1 aliphatic rings. The van der Waals surface area contributed by atoms with E-state index in [2.05, 4.69) is 24.3 Å². The van der Waals surface area contributed by atoms with Crippen LogP contribution >= 0.6 is 11.3 Å². The van der Waals surface area contributed by atoms with Crippen LogP contribution in [0.15, 0.2) is 0 Å². The van der Waals surface area contributed by atoms with Gasteiger partial charge in [0.05, 0.1) is 16.7 Å². The van der Waals surface area contributed by atoms with Crippen LogP contribution in [-0.2, 0) is 0 Å². The van der Waals surface area contributed by atoms with Gasteiger partial charge < -0.3 is 0 Å². The lowest BCUT2D eigenvalue weighted by Crippen LogP contribution is -2.30. The molecule has 0 spiro atoms. The van der Waals surface area contributed by atoms with Crippen LogP contribution in [0.5, 0.6) is 0 Å². The van der Waals surface area contributed by atoms with E-state index in [4.69, 9.17) is 5.84 Å². The topological polar surface area (TPSA) is 50.9 Å². The third-order valence-electron chi connectivity index (χ3n) is 3.75. The van der Waals surface area contributed by atoms with E-state index in [1.807, 2.05) is 0 Å². The van der Waals surface area contributed by atoms with Gasteiger partial charge in [-0.2, -0.15) is 0 Å². The smallest absolute Gasteiger partial charge is 0.0900 e. The Morgan fingerprint density at radius 3 is 2.59 bits per heavy atom. The Kier molecular flexibility index (Phi) is 4.54. The van der Waals surface area contributed by atoms with E-state index in [-0.39, 0.29) is 0 Å². The quantitative estimate of drug-likeness (QED) is 0.640. The second-order valence-electron chi connectivity index (χ2n) is 5.14. The highest BCUT2D eigenvalue weighted by Crippen LogP contribution is 2.34. The summed E-state index contributed by atoms with van der Waals surface area (Å²) in [6, 6.07) is 0.296. The molecule has 0 aromatic carbocycles. The first kappa shape index (κ1) is 13.0. The van der Waals surface area contributed by atoms with Gasteiger partial charge in [0, 0.05) is 4.88 Å². The van der Waals surface area contributed by atoms with Gasteiger partial charge in [0.1, 0.15) is 0 Å². The zero-order valence-electron chi connectivity index (χ0n) is 10.8. The number of hydrogen-bond donors (Lipinski definition) is 2. The van der Waals surface area contributed by atoms with Crippen LogP contribution in [0, 0.1) is 19.8 Å². The maximum atomic E-state index is 5.73. The van der Waals surface area contributed by atoms with Crippen molar-refractivity contribution in [3.63, 3.8) is 0 Å². The van der Waals surface area contributed by atoms with Crippen LogP contribution in [0.2, 0.25) is 0 Å². The molecule has 1 unspecified atom stereocenters. The third-order valence-corrected chi connectivity index (χ3v) is 4.94. The van der Waals surface area contributed by atoms with Crippen molar-refractivity contribution in [2.45, 2.75) is 58.4 Å². The molecule has 2 rings (SSSR count). The molecule has 1 atom stereocenters. The van der Waals surface area contributed by atoms with E-state index in [9.17, 15) is 0 Å². The SMILES string of the molecule is Cc1nc(C)c(C(CC2CCCCC2)NN)s1. The number of hydrogen-bond acceptors (Lipinski definition) is 4. The highest BCUT2D eigenvalue weighted by molar-refractivity contribution is 7.11. The minimum atomic E-state index is 0.296. The fraction of sp³-hybridized carbons (Fsp3) is 0.769. The Morgan fingerprint density at radius 2 is 2.06 bits per heavy atom. The molecule has 0 aliphatic heterocycles. The first-order valence-electron chi connectivity index (χ1n) is 6.60. The van der Waals surface area contributed by atoms with Crippen LogP contribution in [0.1, 0.15) is 60.1 Å². The number of aryl methyl sites for hydroxylation is 2. The zero-order valence-corrected chi connectivity index (χ0v) is 11.6. The lowest BCUT2D eigenvalue weighted by atomic mass is 9.84. The van der Waals surface area contributed by atoms with Crippen molar-refractivity contribution in [3.05, 3.63) is 15.6 Å². The van der Waals surface area contributed by atoms with Crippen LogP contribution in [0.25, 0.3) is 0 Å². The second-order valence-corrected chi connectivity index (χ2v) is 6.38. The van der Waals surface area contributed by atoms with Gasteiger partial charge >= 0.3 is 0 Å². The molecule has 1 saturated carbocycles. The molecule has 1 aromatic heterocycles. The predicted molar refractivity (Wildman–Crippen MR) is 72.8 cm³/mol. The van der Waals surface area contributed by atoms with Crippen LogP contribution < -0.4 is 11.3 Å². The molecule has 1 aliphatic carbocycles. The van der Waals surface area contributed by atoms with E-state index in [1.165, 1.54) is 43.4 Å². The number of nitrogens with one attached hydrogen (secondary N) is 1. The van der Waals surface area contributed by atoms with Crippen LogP contribution in [-0.4, -0.2) is 4.98 Å². The standard InChI is InChI=1S/C13H23N3S/c1-9-13(17-10(2)15-9)12(16-14)8-11-6-4-3-5-7-11/h11-12,16H,3-8,14H2,1-2H3. The third kappa shape index (κ3) is 3.27. The van der Waals surface area contributed by atoms with Gasteiger partial charge in [-0.15, -0.1) is 11.3 Å². The summed E-state index contributed by atoms with van der Waals surface area (Å²) in [5.41, 5.74) is 4.13. The van der Waals surface area contributed by atoms with Gasteiger partial charge in [0.2, 0.25) is 0 Å². The molecule has 0 radical (unpaired) electrons. The normalized spacial score (nSPS) is 19.5. The number of thiazole rings is 1. The van der Waals surface area contributed by atoms with Crippen molar-refractivity contribution < 1.29 is 0 Å². The van der Waals surface area contributed by atoms with Gasteiger partial charge in [-0.3, -0.25) is 11.3 Å².